The average Bonchev–Trinajstić information content (AvgIpc) is 3.36. The van der Waals surface area contributed by atoms with Crippen molar-refractivity contribution in [1.29, 1.82) is 0 Å². The molecule has 2 saturated carbocycles. The first-order valence-corrected chi connectivity index (χ1v) is 8.89. The third kappa shape index (κ3) is 3.60. The van der Waals surface area contributed by atoms with Gasteiger partial charge in [0.25, 0.3) is 0 Å². The zero-order chi connectivity index (χ0) is 17.3. The van der Waals surface area contributed by atoms with Gasteiger partial charge in [0, 0.05) is 18.5 Å². The number of rotatable bonds is 4. The van der Waals surface area contributed by atoms with E-state index in [4.69, 9.17) is 0 Å². The summed E-state index contributed by atoms with van der Waals surface area (Å²) in [6.07, 6.45) is 2.22. The molecule has 2 atom stereocenters. The highest BCUT2D eigenvalue weighted by molar-refractivity contribution is 5.83. The SMILES string of the molecule is CCN(C(=O)C1CC1c1ccc(C(F)(F)F)cc1)C1CCCCC1. The summed E-state index contributed by atoms with van der Waals surface area (Å²) in [5, 5.41) is 0. The van der Waals surface area contributed by atoms with Gasteiger partial charge in [-0.15, -0.1) is 0 Å². The van der Waals surface area contributed by atoms with E-state index in [1.165, 1.54) is 31.4 Å². The fourth-order valence-electron chi connectivity index (χ4n) is 3.96. The van der Waals surface area contributed by atoms with E-state index in [9.17, 15) is 18.0 Å². The van der Waals surface area contributed by atoms with Gasteiger partial charge in [-0.1, -0.05) is 31.4 Å². The van der Waals surface area contributed by atoms with Crippen LogP contribution in [0.5, 0.6) is 0 Å². The Labute approximate surface area is 141 Å². The Kier molecular flexibility index (Phi) is 4.88. The molecule has 0 spiro atoms. The van der Waals surface area contributed by atoms with E-state index in [0.29, 0.717) is 6.04 Å². The summed E-state index contributed by atoms with van der Waals surface area (Å²) in [4.78, 5) is 14.8. The number of nitrogens with zero attached hydrogens (tertiary/aromatic N) is 1. The van der Waals surface area contributed by atoms with E-state index in [1.807, 2.05) is 11.8 Å². The summed E-state index contributed by atoms with van der Waals surface area (Å²) in [5.74, 6) is 0.218. The predicted octanol–water partition coefficient (Wildman–Crippen LogP) is 4.99. The van der Waals surface area contributed by atoms with E-state index in [-0.39, 0.29) is 17.7 Å². The van der Waals surface area contributed by atoms with Crippen LogP contribution in [0.15, 0.2) is 24.3 Å². The molecular weight excluding hydrogens is 315 g/mol. The van der Waals surface area contributed by atoms with Crippen molar-refractivity contribution in [2.45, 2.75) is 63.6 Å². The second-order valence-corrected chi connectivity index (χ2v) is 6.98. The number of halogens is 3. The van der Waals surface area contributed by atoms with E-state index in [1.54, 1.807) is 0 Å². The molecule has 1 amide bonds. The highest BCUT2D eigenvalue weighted by Crippen LogP contribution is 2.49. The smallest absolute Gasteiger partial charge is 0.340 e. The lowest BCUT2D eigenvalue weighted by molar-refractivity contribution is -0.138. The maximum atomic E-state index is 12.8. The van der Waals surface area contributed by atoms with Crippen molar-refractivity contribution in [3.8, 4) is 0 Å². The quantitative estimate of drug-likeness (QED) is 0.757. The van der Waals surface area contributed by atoms with Crippen molar-refractivity contribution in [3.05, 3.63) is 35.4 Å². The molecule has 2 nitrogen and oxygen atoms in total. The highest BCUT2D eigenvalue weighted by Gasteiger charge is 2.46. The van der Waals surface area contributed by atoms with Crippen molar-refractivity contribution in [3.63, 3.8) is 0 Å². The Morgan fingerprint density at radius 3 is 2.29 bits per heavy atom. The molecule has 0 N–H and O–H groups in total. The second-order valence-electron chi connectivity index (χ2n) is 6.98. The molecule has 132 valence electrons. The molecule has 5 heteroatoms. The first-order valence-electron chi connectivity index (χ1n) is 8.89. The summed E-state index contributed by atoms with van der Waals surface area (Å²) in [6.45, 7) is 2.74. The van der Waals surface area contributed by atoms with Crippen molar-refractivity contribution < 1.29 is 18.0 Å². The Morgan fingerprint density at radius 2 is 1.75 bits per heavy atom. The van der Waals surface area contributed by atoms with Crippen LogP contribution >= 0.6 is 0 Å². The zero-order valence-corrected chi connectivity index (χ0v) is 14.0. The van der Waals surface area contributed by atoms with Gasteiger partial charge in [0.1, 0.15) is 0 Å². The van der Waals surface area contributed by atoms with Gasteiger partial charge in [-0.05, 0) is 49.8 Å². The van der Waals surface area contributed by atoms with Crippen LogP contribution in [-0.2, 0) is 11.0 Å². The molecule has 3 rings (SSSR count). The number of benzene rings is 1. The second kappa shape index (κ2) is 6.77. The summed E-state index contributed by atoms with van der Waals surface area (Å²) in [5.41, 5.74) is 0.216. The van der Waals surface area contributed by atoms with Gasteiger partial charge in [-0.3, -0.25) is 4.79 Å². The molecule has 2 unspecified atom stereocenters. The van der Waals surface area contributed by atoms with Crippen LogP contribution < -0.4 is 0 Å². The topological polar surface area (TPSA) is 20.3 Å². The largest absolute Gasteiger partial charge is 0.416 e. The van der Waals surface area contributed by atoms with Gasteiger partial charge in [0.15, 0.2) is 0 Å². The first kappa shape index (κ1) is 17.3. The lowest BCUT2D eigenvalue weighted by atomic mass is 9.93. The molecule has 2 fully saturated rings. The molecule has 0 saturated heterocycles. The zero-order valence-electron chi connectivity index (χ0n) is 14.0. The van der Waals surface area contributed by atoms with Gasteiger partial charge in [0.05, 0.1) is 5.56 Å². The molecule has 0 aromatic heterocycles. The third-order valence-corrected chi connectivity index (χ3v) is 5.41. The van der Waals surface area contributed by atoms with Gasteiger partial charge in [-0.2, -0.15) is 13.2 Å². The summed E-state index contributed by atoms with van der Waals surface area (Å²) < 4.78 is 37.9. The maximum Gasteiger partial charge on any atom is 0.416 e. The van der Waals surface area contributed by atoms with Crippen LogP contribution in [0.1, 0.15) is 62.5 Å². The van der Waals surface area contributed by atoms with Crippen LogP contribution in [0.4, 0.5) is 13.2 Å². The summed E-state index contributed by atoms with van der Waals surface area (Å²) in [7, 11) is 0. The summed E-state index contributed by atoms with van der Waals surface area (Å²) in [6, 6.07) is 5.64. The Hall–Kier alpha value is -1.52. The van der Waals surface area contributed by atoms with Crippen LogP contribution in [0.2, 0.25) is 0 Å². The molecule has 1 aromatic carbocycles. The van der Waals surface area contributed by atoms with Crippen molar-refractivity contribution >= 4 is 5.91 Å². The van der Waals surface area contributed by atoms with Crippen molar-refractivity contribution in [2.24, 2.45) is 5.92 Å². The lowest BCUT2D eigenvalue weighted by Gasteiger charge is -2.34. The molecule has 0 aliphatic heterocycles. The number of carbonyl (C=O) groups excluding carboxylic acids is 1. The monoisotopic (exact) mass is 339 g/mol. The normalized spacial score (nSPS) is 24.7. The molecular formula is C19H24F3NO. The van der Waals surface area contributed by atoms with Gasteiger partial charge in [0.2, 0.25) is 5.91 Å². The molecule has 0 heterocycles. The van der Waals surface area contributed by atoms with Gasteiger partial charge in [-0.25, -0.2) is 0 Å². The maximum absolute atomic E-state index is 12.8. The number of alkyl halides is 3. The predicted molar refractivity (Wildman–Crippen MR) is 86.6 cm³/mol. The van der Waals surface area contributed by atoms with Crippen LogP contribution in [0.25, 0.3) is 0 Å². The van der Waals surface area contributed by atoms with Gasteiger partial charge >= 0.3 is 6.18 Å². The van der Waals surface area contributed by atoms with Gasteiger partial charge < -0.3 is 4.90 Å². The van der Waals surface area contributed by atoms with Crippen molar-refractivity contribution in [1.82, 2.24) is 4.90 Å². The Morgan fingerprint density at radius 1 is 1.12 bits per heavy atom. The average molecular weight is 339 g/mol. The fraction of sp³-hybridized carbons (Fsp3) is 0.632. The minimum atomic E-state index is -4.31. The minimum Gasteiger partial charge on any atom is -0.340 e. The molecule has 2 aliphatic carbocycles. The molecule has 1 aromatic rings. The van der Waals surface area contributed by atoms with E-state index >= 15 is 0 Å². The molecule has 2 aliphatic rings. The Bertz CT molecular complexity index is 575. The third-order valence-electron chi connectivity index (χ3n) is 5.41. The number of amides is 1. The molecule has 24 heavy (non-hydrogen) atoms. The Balaban J connectivity index is 1.64. The van der Waals surface area contributed by atoms with E-state index in [0.717, 1.165) is 43.5 Å². The molecule has 0 radical (unpaired) electrons. The first-order chi connectivity index (χ1) is 11.4. The lowest BCUT2D eigenvalue weighted by Crippen LogP contribution is -2.42. The summed E-state index contributed by atoms with van der Waals surface area (Å²) >= 11 is 0. The fourth-order valence-corrected chi connectivity index (χ4v) is 3.96. The highest BCUT2D eigenvalue weighted by atomic mass is 19.4. The van der Waals surface area contributed by atoms with Crippen molar-refractivity contribution in [2.75, 3.05) is 6.54 Å². The minimum absolute atomic E-state index is 0.0522. The number of carbonyl (C=O) groups is 1. The number of hydrogen-bond acceptors (Lipinski definition) is 1. The van der Waals surface area contributed by atoms with Crippen LogP contribution in [-0.4, -0.2) is 23.4 Å². The van der Waals surface area contributed by atoms with Crippen LogP contribution in [0.3, 0.4) is 0 Å². The van der Waals surface area contributed by atoms with Crippen LogP contribution in [0, 0.1) is 5.92 Å². The van der Waals surface area contributed by atoms with E-state index < -0.39 is 11.7 Å². The standard InChI is InChI=1S/C19H24F3NO/c1-2-23(15-6-4-3-5-7-15)18(24)17-12-16(17)13-8-10-14(11-9-13)19(20,21)22/h8-11,15-17H,2-7,12H2,1H3. The number of hydrogen-bond donors (Lipinski definition) is 0. The molecule has 0 bridgehead atoms. The van der Waals surface area contributed by atoms with E-state index in [2.05, 4.69) is 0 Å².